The van der Waals surface area contributed by atoms with Gasteiger partial charge in [0, 0.05) is 11.9 Å². The summed E-state index contributed by atoms with van der Waals surface area (Å²) in [5.41, 5.74) is 0.769. The number of hydrogen-bond acceptors (Lipinski definition) is 3. The minimum atomic E-state index is -0.469. The lowest BCUT2D eigenvalue weighted by atomic mass is 10.1. The number of amides is 1. The van der Waals surface area contributed by atoms with Crippen LogP contribution in [0.3, 0.4) is 0 Å². The zero-order valence-electron chi connectivity index (χ0n) is 10.1. The average Bonchev–Trinajstić information content (AvgIpc) is 2.40. The van der Waals surface area contributed by atoms with Crippen molar-refractivity contribution in [1.82, 2.24) is 5.32 Å². The summed E-state index contributed by atoms with van der Waals surface area (Å²) >= 11 is 0. The molecule has 1 unspecified atom stereocenters. The Labute approximate surface area is 105 Å². The van der Waals surface area contributed by atoms with E-state index in [0.717, 1.165) is 22.2 Å². The van der Waals surface area contributed by atoms with Crippen LogP contribution in [0.15, 0.2) is 36.4 Å². The molecule has 1 atom stereocenters. The van der Waals surface area contributed by atoms with Crippen LogP contribution in [-0.4, -0.2) is 25.6 Å². The molecule has 0 saturated heterocycles. The Balaban J connectivity index is 2.08. The Morgan fingerprint density at radius 1 is 1.28 bits per heavy atom. The highest BCUT2D eigenvalue weighted by molar-refractivity contribution is 6.07. The van der Waals surface area contributed by atoms with Crippen molar-refractivity contribution in [2.75, 3.05) is 18.9 Å². The number of fused-ring (bicyclic) bond motifs is 3. The third-order valence-corrected chi connectivity index (χ3v) is 3.09. The first-order valence-electron chi connectivity index (χ1n) is 5.93. The third kappa shape index (κ3) is 1.71. The Morgan fingerprint density at radius 3 is 2.94 bits per heavy atom. The van der Waals surface area contributed by atoms with Gasteiger partial charge in [-0.25, -0.2) is 0 Å². The molecule has 0 fully saturated rings. The van der Waals surface area contributed by atoms with E-state index in [2.05, 4.69) is 10.6 Å². The number of likely N-dealkylation sites (N-methyl/N-ethyl adjacent to an activating group) is 1. The lowest BCUT2D eigenvalue weighted by Gasteiger charge is -2.26. The smallest absolute Gasteiger partial charge is 0.266 e. The molecular formula is C14H14N2O2. The monoisotopic (exact) mass is 242 g/mol. The van der Waals surface area contributed by atoms with Crippen molar-refractivity contribution in [1.29, 1.82) is 0 Å². The molecule has 3 rings (SSSR count). The van der Waals surface area contributed by atoms with Crippen LogP contribution in [0.25, 0.3) is 10.8 Å². The Morgan fingerprint density at radius 2 is 2.11 bits per heavy atom. The van der Waals surface area contributed by atoms with Crippen LogP contribution in [0.5, 0.6) is 5.75 Å². The van der Waals surface area contributed by atoms with Gasteiger partial charge in [-0.2, -0.15) is 0 Å². The molecule has 0 aromatic heterocycles. The molecule has 0 bridgehead atoms. The van der Waals surface area contributed by atoms with Gasteiger partial charge in [-0.05, 0) is 18.5 Å². The van der Waals surface area contributed by atoms with Gasteiger partial charge in [0.05, 0.1) is 5.69 Å². The normalized spacial score (nSPS) is 18.1. The molecule has 4 nitrogen and oxygen atoms in total. The first-order chi connectivity index (χ1) is 8.79. The quantitative estimate of drug-likeness (QED) is 0.843. The minimum absolute atomic E-state index is 0.104. The number of hydrogen-bond donors (Lipinski definition) is 2. The van der Waals surface area contributed by atoms with E-state index in [1.165, 1.54) is 0 Å². The van der Waals surface area contributed by atoms with Crippen LogP contribution < -0.4 is 15.4 Å². The van der Waals surface area contributed by atoms with Gasteiger partial charge in [0.25, 0.3) is 5.91 Å². The fraction of sp³-hybridized carbons (Fsp3) is 0.214. The van der Waals surface area contributed by atoms with Crippen LogP contribution in [0.1, 0.15) is 0 Å². The van der Waals surface area contributed by atoms with Gasteiger partial charge in [-0.3, -0.25) is 4.79 Å². The molecule has 2 N–H and O–H groups in total. The number of benzene rings is 2. The lowest BCUT2D eigenvalue weighted by molar-refractivity contribution is -0.123. The SMILES string of the molecule is CNCC1Oc2ccc3ccccc3c2NC1=O. The Hall–Kier alpha value is -2.07. The summed E-state index contributed by atoms with van der Waals surface area (Å²) < 4.78 is 5.72. The number of carbonyl (C=O) groups is 1. The molecule has 0 saturated carbocycles. The van der Waals surface area contributed by atoms with Gasteiger partial charge < -0.3 is 15.4 Å². The summed E-state index contributed by atoms with van der Waals surface area (Å²) in [4.78, 5) is 11.9. The van der Waals surface area contributed by atoms with Gasteiger partial charge in [-0.1, -0.05) is 30.3 Å². The highest BCUT2D eigenvalue weighted by atomic mass is 16.5. The number of rotatable bonds is 2. The molecule has 1 heterocycles. The van der Waals surface area contributed by atoms with E-state index in [0.29, 0.717) is 6.54 Å². The Bertz CT molecular complexity index is 610. The van der Waals surface area contributed by atoms with E-state index in [1.807, 2.05) is 36.4 Å². The molecule has 4 heteroatoms. The summed E-state index contributed by atoms with van der Waals surface area (Å²) in [6, 6.07) is 11.8. The summed E-state index contributed by atoms with van der Waals surface area (Å²) in [6.45, 7) is 0.498. The summed E-state index contributed by atoms with van der Waals surface area (Å²) in [7, 11) is 1.80. The molecule has 0 aliphatic carbocycles. The highest BCUT2D eigenvalue weighted by Crippen LogP contribution is 2.36. The molecule has 18 heavy (non-hydrogen) atoms. The number of ether oxygens (including phenoxy) is 1. The largest absolute Gasteiger partial charge is 0.477 e. The zero-order chi connectivity index (χ0) is 12.5. The van der Waals surface area contributed by atoms with Crippen molar-refractivity contribution in [3.8, 4) is 5.75 Å². The van der Waals surface area contributed by atoms with Crippen LogP contribution >= 0.6 is 0 Å². The molecule has 1 aliphatic rings. The van der Waals surface area contributed by atoms with E-state index in [-0.39, 0.29) is 5.91 Å². The second-order valence-electron chi connectivity index (χ2n) is 4.31. The van der Waals surface area contributed by atoms with Crippen molar-refractivity contribution >= 4 is 22.4 Å². The number of nitrogens with one attached hydrogen (secondary N) is 2. The van der Waals surface area contributed by atoms with E-state index >= 15 is 0 Å². The maximum absolute atomic E-state index is 11.9. The predicted octanol–water partition coefficient (Wildman–Crippen LogP) is 1.76. The zero-order valence-corrected chi connectivity index (χ0v) is 10.1. The molecule has 0 radical (unpaired) electrons. The molecule has 1 amide bonds. The first-order valence-corrected chi connectivity index (χ1v) is 5.93. The van der Waals surface area contributed by atoms with E-state index < -0.39 is 6.10 Å². The van der Waals surface area contributed by atoms with Crippen LogP contribution in [0.2, 0.25) is 0 Å². The maximum Gasteiger partial charge on any atom is 0.266 e. The maximum atomic E-state index is 11.9. The summed E-state index contributed by atoms with van der Waals surface area (Å²) in [5.74, 6) is 0.627. The lowest BCUT2D eigenvalue weighted by Crippen LogP contribution is -2.43. The van der Waals surface area contributed by atoms with Crippen LogP contribution in [0, 0.1) is 0 Å². The van der Waals surface area contributed by atoms with Crippen LogP contribution in [-0.2, 0) is 4.79 Å². The van der Waals surface area contributed by atoms with Crippen molar-refractivity contribution < 1.29 is 9.53 Å². The number of carbonyl (C=O) groups excluding carboxylic acids is 1. The Kier molecular flexibility index (Phi) is 2.64. The summed E-state index contributed by atoms with van der Waals surface area (Å²) in [6.07, 6.45) is -0.469. The molecule has 92 valence electrons. The molecule has 2 aromatic carbocycles. The molecular weight excluding hydrogens is 228 g/mol. The first kappa shape index (κ1) is 11.0. The van der Waals surface area contributed by atoms with Crippen LogP contribution in [0.4, 0.5) is 5.69 Å². The third-order valence-electron chi connectivity index (χ3n) is 3.09. The standard InChI is InChI=1S/C14H14N2O2/c1-15-8-12-14(17)16-13-10-5-3-2-4-9(10)6-7-11(13)18-12/h2-7,12,15H,8H2,1H3,(H,16,17). The second kappa shape index (κ2) is 4.31. The van der Waals surface area contributed by atoms with E-state index in [4.69, 9.17) is 4.74 Å². The van der Waals surface area contributed by atoms with E-state index in [9.17, 15) is 4.79 Å². The molecule has 1 aliphatic heterocycles. The van der Waals surface area contributed by atoms with Crippen molar-refractivity contribution in [2.45, 2.75) is 6.10 Å². The van der Waals surface area contributed by atoms with Crippen molar-refractivity contribution in [3.63, 3.8) is 0 Å². The highest BCUT2D eigenvalue weighted by Gasteiger charge is 2.27. The minimum Gasteiger partial charge on any atom is -0.477 e. The molecule has 0 spiro atoms. The molecule has 2 aromatic rings. The fourth-order valence-electron chi connectivity index (χ4n) is 2.21. The predicted molar refractivity (Wildman–Crippen MR) is 70.9 cm³/mol. The number of anilines is 1. The van der Waals surface area contributed by atoms with Gasteiger partial charge in [-0.15, -0.1) is 0 Å². The average molecular weight is 242 g/mol. The second-order valence-corrected chi connectivity index (χ2v) is 4.31. The topological polar surface area (TPSA) is 50.4 Å². The van der Waals surface area contributed by atoms with Gasteiger partial charge >= 0.3 is 0 Å². The summed E-state index contributed by atoms with van der Waals surface area (Å²) in [5, 5.41) is 7.98. The van der Waals surface area contributed by atoms with Gasteiger partial charge in [0.2, 0.25) is 0 Å². The fourth-order valence-corrected chi connectivity index (χ4v) is 2.21. The van der Waals surface area contributed by atoms with Crippen molar-refractivity contribution in [3.05, 3.63) is 36.4 Å². The van der Waals surface area contributed by atoms with Gasteiger partial charge in [0.1, 0.15) is 5.75 Å². The van der Waals surface area contributed by atoms with E-state index in [1.54, 1.807) is 7.05 Å². The van der Waals surface area contributed by atoms with Gasteiger partial charge in [0.15, 0.2) is 6.10 Å². The van der Waals surface area contributed by atoms with Crippen molar-refractivity contribution in [2.24, 2.45) is 0 Å².